The van der Waals surface area contributed by atoms with E-state index >= 15 is 0 Å². The van der Waals surface area contributed by atoms with Gasteiger partial charge in [0.1, 0.15) is 0 Å². The van der Waals surface area contributed by atoms with Crippen LogP contribution in [0.1, 0.15) is 26.3 Å². The molecule has 0 heterocycles. The molecule has 0 fully saturated rings. The third-order valence-electron chi connectivity index (χ3n) is 2.05. The SMILES string of the molecule is CC(C)(C)c1ccc(NC=O)c(Br)c1. The van der Waals surface area contributed by atoms with Crippen LogP contribution in [-0.4, -0.2) is 6.41 Å². The summed E-state index contributed by atoms with van der Waals surface area (Å²) in [4.78, 5) is 10.3. The van der Waals surface area contributed by atoms with E-state index in [9.17, 15) is 4.79 Å². The Bertz CT molecular complexity index is 342. The lowest BCUT2D eigenvalue weighted by atomic mass is 9.87. The van der Waals surface area contributed by atoms with Crippen molar-refractivity contribution >= 4 is 28.0 Å². The van der Waals surface area contributed by atoms with Crippen LogP contribution in [0.4, 0.5) is 5.69 Å². The molecule has 0 aliphatic carbocycles. The Morgan fingerprint density at radius 3 is 2.43 bits per heavy atom. The number of rotatable bonds is 2. The minimum Gasteiger partial charge on any atom is -0.328 e. The number of halogens is 1. The topological polar surface area (TPSA) is 29.1 Å². The van der Waals surface area contributed by atoms with Crippen molar-refractivity contribution in [2.45, 2.75) is 26.2 Å². The van der Waals surface area contributed by atoms with Gasteiger partial charge in [-0.15, -0.1) is 0 Å². The maximum absolute atomic E-state index is 10.3. The van der Waals surface area contributed by atoms with Crippen LogP contribution in [0.25, 0.3) is 0 Å². The molecule has 1 aromatic rings. The van der Waals surface area contributed by atoms with E-state index in [-0.39, 0.29) is 5.41 Å². The van der Waals surface area contributed by atoms with Gasteiger partial charge < -0.3 is 5.32 Å². The van der Waals surface area contributed by atoms with Crippen molar-refractivity contribution in [3.8, 4) is 0 Å². The van der Waals surface area contributed by atoms with E-state index in [4.69, 9.17) is 0 Å². The largest absolute Gasteiger partial charge is 0.328 e. The van der Waals surface area contributed by atoms with Crippen LogP contribution in [0, 0.1) is 0 Å². The lowest BCUT2D eigenvalue weighted by Crippen LogP contribution is -2.11. The van der Waals surface area contributed by atoms with Crippen LogP contribution in [-0.2, 0) is 10.2 Å². The first kappa shape index (κ1) is 11.2. The van der Waals surface area contributed by atoms with E-state index in [1.807, 2.05) is 18.2 Å². The van der Waals surface area contributed by atoms with Gasteiger partial charge in [0.05, 0.1) is 5.69 Å². The fourth-order valence-electron chi connectivity index (χ4n) is 1.16. The van der Waals surface area contributed by atoms with Gasteiger partial charge in [0, 0.05) is 4.47 Å². The van der Waals surface area contributed by atoms with Gasteiger partial charge in [-0.3, -0.25) is 4.79 Å². The maximum atomic E-state index is 10.3. The molecule has 0 unspecified atom stereocenters. The number of carbonyl (C=O) groups excluding carboxylic acids is 1. The second kappa shape index (κ2) is 4.13. The maximum Gasteiger partial charge on any atom is 0.211 e. The Morgan fingerprint density at radius 1 is 1.36 bits per heavy atom. The van der Waals surface area contributed by atoms with Gasteiger partial charge in [-0.05, 0) is 39.0 Å². The molecule has 0 aliphatic rings. The van der Waals surface area contributed by atoms with Crippen LogP contribution >= 0.6 is 15.9 Å². The molecule has 76 valence electrons. The molecule has 0 saturated carbocycles. The number of amides is 1. The highest BCUT2D eigenvalue weighted by molar-refractivity contribution is 9.10. The Balaban J connectivity index is 3.06. The van der Waals surface area contributed by atoms with E-state index in [2.05, 4.69) is 42.0 Å². The molecule has 0 bridgehead atoms. The van der Waals surface area contributed by atoms with Gasteiger partial charge in [-0.1, -0.05) is 26.8 Å². The number of anilines is 1. The molecule has 0 spiro atoms. The Labute approximate surface area is 92.8 Å². The number of carbonyl (C=O) groups is 1. The van der Waals surface area contributed by atoms with Crippen molar-refractivity contribution < 1.29 is 4.79 Å². The lowest BCUT2D eigenvalue weighted by molar-refractivity contribution is -0.105. The van der Waals surface area contributed by atoms with Crippen molar-refractivity contribution in [2.75, 3.05) is 5.32 Å². The smallest absolute Gasteiger partial charge is 0.211 e. The molecule has 3 heteroatoms. The molecule has 0 radical (unpaired) electrons. The summed E-state index contributed by atoms with van der Waals surface area (Å²) in [7, 11) is 0. The molecular formula is C11H14BrNO. The van der Waals surface area contributed by atoms with Gasteiger partial charge in [0.15, 0.2) is 0 Å². The zero-order valence-corrected chi connectivity index (χ0v) is 10.2. The molecule has 1 amide bonds. The van der Waals surface area contributed by atoms with Gasteiger partial charge in [0.25, 0.3) is 0 Å². The average molecular weight is 256 g/mol. The van der Waals surface area contributed by atoms with Crippen molar-refractivity contribution in [2.24, 2.45) is 0 Å². The van der Waals surface area contributed by atoms with Crippen LogP contribution in [0.2, 0.25) is 0 Å². The third kappa shape index (κ3) is 2.58. The number of benzene rings is 1. The van der Waals surface area contributed by atoms with Crippen molar-refractivity contribution in [3.63, 3.8) is 0 Å². The van der Waals surface area contributed by atoms with Crippen LogP contribution in [0.3, 0.4) is 0 Å². The molecule has 1 aromatic carbocycles. The first-order valence-corrected chi connectivity index (χ1v) is 5.24. The fourth-order valence-corrected chi connectivity index (χ4v) is 1.66. The summed E-state index contributed by atoms with van der Waals surface area (Å²) in [6.07, 6.45) is 0.677. The summed E-state index contributed by atoms with van der Waals surface area (Å²) >= 11 is 3.42. The van der Waals surface area contributed by atoms with Gasteiger partial charge in [-0.25, -0.2) is 0 Å². The zero-order chi connectivity index (χ0) is 10.8. The molecule has 2 nitrogen and oxygen atoms in total. The summed E-state index contributed by atoms with van der Waals surface area (Å²) in [5.74, 6) is 0. The highest BCUT2D eigenvalue weighted by Gasteiger charge is 2.14. The normalized spacial score (nSPS) is 11.1. The Hall–Kier alpha value is -0.830. The second-order valence-corrected chi connectivity index (χ2v) is 5.06. The Morgan fingerprint density at radius 2 is 2.00 bits per heavy atom. The quantitative estimate of drug-likeness (QED) is 0.808. The van der Waals surface area contributed by atoms with E-state index in [0.717, 1.165) is 10.2 Å². The molecule has 0 atom stereocenters. The van der Waals surface area contributed by atoms with Crippen LogP contribution < -0.4 is 5.32 Å². The predicted molar refractivity (Wildman–Crippen MR) is 62.5 cm³/mol. The molecular weight excluding hydrogens is 242 g/mol. The second-order valence-electron chi connectivity index (χ2n) is 4.21. The Kier molecular flexibility index (Phi) is 3.32. The summed E-state index contributed by atoms with van der Waals surface area (Å²) in [6.45, 7) is 6.46. The number of hydrogen-bond donors (Lipinski definition) is 1. The van der Waals surface area contributed by atoms with Gasteiger partial charge in [0.2, 0.25) is 6.41 Å². The highest BCUT2D eigenvalue weighted by Crippen LogP contribution is 2.29. The predicted octanol–water partition coefficient (Wildman–Crippen LogP) is 3.31. The monoisotopic (exact) mass is 255 g/mol. The molecule has 0 aliphatic heterocycles. The van der Waals surface area contributed by atoms with E-state index in [1.54, 1.807) is 0 Å². The first-order chi connectivity index (χ1) is 6.45. The van der Waals surface area contributed by atoms with Crippen LogP contribution in [0.5, 0.6) is 0 Å². The highest BCUT2D eigenvalue weighted by atomic mass is 79.9. The van der Waals surface area contributed by atoms with E-state index < -0.39 is 0 Å². The van der Waals surface area contributed by atoms with Crippen molar-refractivity contribution in [1.82, 2.24) is 0 Å². The minimum atomic E-state index is 0.127. The molecule has 14 heavy (non-hydrogen) atoms. The molecule has 0 saturated heterocycles. The first-order valence-electron chi connectivity index (χ1n) is 4.45. The summed E-state index contributed by atoms with van der Waals surface area (Å²) in [6, 6.07) is 5.96. The van der Waals surface area contributed by atoms with Crippen molar-refractivity contribution in [1.29, 1.82) is 0 Å². The summed E-state index contributed by atoms with van der Waals surface area (Å²) in [5.41, 5.74) is 2.16. The zero-order valence-electron chi connectivity index (χ0n) is 8.60. The lowest BCUT2D eigenvalue weighted by Gasteiger charge is -2.19. The summed E-state index contributed by atoms with van der Waals surface area (Å²) in [5, 5.41) is 2.63. The number of nitrogens with one attached hydrogen (secondary N) is 1. The molecule has 0 aromatic heterocycles. The standard InChI is InChI=1S/C11H14BrNO/c1-11(2,3)8-4-5-10(13-7-14)9(12)6-8/h4-7H,1-3H3,(H,13,14). The number of hydrogen-bond acceptors (Lipinski definition) is 1. The summed E-state index contributed by atoms with van der Waals surface area (Å²) < 4.78 is 0.914. The molecule has 1 rings (SSSR count). The average Bonchev–Trinajstić information content (AvgIpc) is 2.07. The van der Waals surface area contributed by atoms with Crippen LogP contribution in [0.15, 0.2) is 22.7 Å². The van der Waals surface area contributed by atoms with Crippen molar-refractivity contribution in [3.05, 3.63) is 28.2 Å². The fraction of sp³-hybridized carbons (Fsp3) is 0.364. The van der Waals surface area contributed by atoms with Gasteiger partial charge >= 0.3 is 0 Å². The minimum absolute atomic E-state index is 0.127. The van der Waals surface area contributed by atoms with E-state index in [0.29, 0.717) is 6.41 Å². The molecule has 1 N–H and O–H groups in total. The van der Waals surface area contributed by atoms with E-state index in [1.165, 1.54) is 5.56 Å². The third-order valence-corrected chi connectivity index (χ3v) is 2.71. The van der Waals surface area contributed by atoms with Gasteiger partial charge in [-0.2, -0.15) is 0 Å².